The summed E-state index contributed by atoms with van der Waals surface area (Å²) in [5.41, 5.74) is 6.40. The fourth-order valence-corrected chi connectivity index (χ4v) is 1.39. The van der Waals surface area contributed by atoms with E-state index < -0.39 is 0 Å². The van der Waals surface area contributed by atoms with Gasteiger partial charge in [-0.1, -0.05) is 0 Å². The van der Waals surface area contributed by atoms with Crippen LogP contribution in [0.2, 0.25) is 0 Å². The molecule has 0 spiro atoms. The van der Waals surface area contributed by atoms with E-state index in [1.807, 2.05) is 13.8 Å². The average Bonchev–Trinajstić information content (AvgIpc) is 2.68. The summed E-state index contributed by atoms with van der Waals surface area (Å²) in [5, 5.41) is 4.09. The van der Waals surface area contributed by atoms with Crippen molar-refractivity contribution in [2.75, 3.05) is 12.3 Å². The van der Waals surface area contributed by atoms with E-state index in [9.17, 15) is 0 Å². The topological polar surface area (TPSA) is 78.9 Å². The Morgan fingerprint density at radius 1 is 1.44 bits per heavy atom. The van der Waals surface area contributed by atoms with E-state index in [4.69, 9.17) is 10.5 Å². The zero-order chi connectivity index (χ0) is 11.5. The third kappa shape index (κ3) is 1.81. The molecule has 0 saturated heterocycles. The lowest BCUT2D eigenvalue weighted by atomic mass is 10.3. The Morgan fingerprint density at radius 3 is 2.88 bits per heavy atom. The zero-order valence-electron chi connectivity index (χ0n) is 9.21. The van der Waals surface area contributed by atoms with E-state index in [0.29, 0.717) is 24.1 Å². The summed E-state index contributed by atoms with van der Waals surface area (Å²) in [7, 11) is 0. The Morgan fingerprint density at radius 2 is 2.25 bits per heavy atom. The van der Waals surface area contributed by atoms with E-state index in [-0.39, 0.29) is 0 Å². The van der Waals surface area contributed by atoms with E-state index in [0.717, 1.165) is 5.56 Å². The molecule has 16 heavy (non-hydrogen) atoms. The first kappa shape index (κ1) is 10.4. The first-order valence-corrected chi connectivity index (χ1v) is 4.98. The fourth-order valence-electron chi connectivity index (χ4n) is 1.39. The molecule has 0 aliphatic heterocycles. The quantitative estimate of drug-likeness (QED) is 0.831. The van der Waals surface area contributed by atoms with Gasteiger partial charge in [0.05, 0.1) is 12.2 Å². The largest absolute Gasteiger partial charge is 0.478 e. The number of aromatic nitrogens is 4. The van der Waals surface area contributed by atoms with Crippen LogP contribution in [0.1, 0.15) is 12.5 Å². The lowest BCUT2D eigenvalue weighted by Crippen LogP contribution is -2.06. The molecule has 6 heteroatoms. The maximum absolute atomic E-state index is 5.56. The molecule has 0 aliphatic carbocycles. The summed E-state index contributed by atoms with van der Waals surface area (Å²) in [6, 6.07) is 1.71. The van der Waals surface area contributed by atoms with Crippen molar-refractivity contribution in [1.82, 2.24) is 19.7 Å². The van der Waals surface area contributed by atoms with Gasteiger partial charge >= 0.3 is 0 Å². The van der Waals surface area contributed by atoms with Gasteiger partial charge in [0, 0.05) is 12.3 Å². The van der Waals surface area contributed by atoms with Crippen molar-refractivity contribution in [3.63, 3.8) is 0 Å². The number of hydrogen-bond acceptors (Lipinski definition) is 5. The minimum absolute atomic E-state index is 0.455. The van der Waals surface area contributed by atoms with Crippen molar-refractivity contribution in [2.24, 2.45) is 0 Å². The summed E-state index contributed by atoms with van der Waals surface area (Å²) in [5.74, 6) is 1.70. The summed E-state index contributed by atoms with van der Waals surface area (Å²) in [4.78, 5) is 8.21. The zero-order valence-corrected chi connectivity index (χ0v) is 9.21. The highest BCUT2D eigenvalue weighted by Crippen LogP contribution is 2.19. The molecule has 0 saturated carbocycles. The maximum Gasteiger partial charge on any atom is 0.221 e. The Labute approximate surface area is 93.1 Å². The predicted molar refractivity (Wildman–Crippen MR) is 59.5 cm³/mol. The van der Waals surface area contributed by atoms with Gasteiger partial charge in [0.1, 0.15) is 12.1 Å². The van der Waals surface area contributed by atoms with Crippen molar-refractivity contribution in [2.45, 2.75) is 13.8 Å². The van der Waals surface area contributed by atoms with E-state index >= 15 is 0 Å². The van der Waals surface area contributed by atoms with Crippen LogP contribution in [-0.4, -0.2) is 26.4 Å². The van der Waals surface area contributed by atoms with Gasteiger partial charge in [-0.2, -0.15) is 0 Å². The van der Waals surface area contributed by atoms with Crippen molar-refractivity contribution < 1.29 is 4.74 Å². The molecule has 2 rings (SSSR count). The maximum atomic E-state index is 5.56. The van der Waals surface area contributed by atoms with Crippen LogP contribution in [-0.2, 0) is 0 Å². The Kier molecular flexibility index (Phi) is 2.72. The molecule has 2 heterocycles. The van der Waals surface area contributed by atoms with Crippen LogP contribution in [0.4, 0.5) is 5.82 Å². The highest BCUT2D eigenvalue weighted by molar-refractivity contribution is 5.39. The van der Waals surface area contributed by atoms with Crippen LogP contribution < -0.4 is 10.5 Å². The third-order valence-corrected chi connectivity index (χ3v) is 2.12. The molecule has 2 aromatic heterocycles. The van der Waals surface area contributed by atoms with Gasteiger partial charge in [0.2, 0.25) is 5.88 Å². The number of nitrogens with zero attached hydrogens (tertiary/aromatic N) is 4. The minimum Gasteiger partial charge on any atom is -0.478 e. The Bertz CT molecular complexity index is 494. The second-order valence-electron chi connectivity index (χ2n) is 3.25. The van der Waals surface area contributed by atoms with Crippen molar-refractivity contribution >= 4 is 5.82 Å². The smallest absolute Gasteiger partial charge is 0.221 e. The van der Waals surface area contributed by atoms with Crippen molar-refractivity contribution in [1.29, 1.82) is 0 Å². The molecule has 0 amide bonds. The van der Waals surface area contributed by atoms with Crippen LogP contribution in [0, 0.1) is 6.92 Å². The molecule has 6 nitrogen and oxygen atoms in total. The highest BCUT2D eigenvalue weighted by Gasteiger charge is 2.10. The summed E-state index contributed by atoms with van der Waals surface area (Å²) >= 11 is 0. The first-order valence-electron chi connectivity index (χ1n) is 4.98. The van der Waals surface area contributed by atoms with Crippen LogP contribution >= 0.6 is 0 Å². The number of nitrogens with two attached hydrogens (primary N) is 1. The Hall–Kier alpha value is -2.11. The van der Waals surface area contributed by atoms with Crippen molar-refractivity contribution in [3.8, 4) is 11.7 Å². The van der Waals surface area contributed by atoms with Gasteiger partial charge in [0.25, 0.3) is 0 Å². The molecular weight excluding hydrogens is 206 g/mol. The highest BCUT2D eigenvalue weighted by atomic mass is 16.5. The van der Waals surface area contributed by atoms with Gasteiger partial charge < -0.3 is 10.5 Å². The summed E-state index contributed by atoms with van der Waals surface area (Å²) < 4.78 is 6.99. The number of anilines is 1. The van der Waals surface area contributed by atoms with Gasteiger partial charge in [-0.15, -0.1) is 5.10 Å². The molecule has 0 aliphatic rings. The van der Waals surface area contributed by atoms with Gasteiger partial charge in [-0.05, 0) is 13.8 Å². The molecule has 0 aromatic carbocycles. The van der Waals surface area contributed by atoms with Crippen LogP contribution in [0.5, 0.6) is 5.88 Å². The van der Waals surface area contributed by atoms with E-state index in [1.54, 1.807) is 16.9 Å². The molecule has 2 N–H and O–H groups in total. The van der Waals surface area contributed by atoms with Crippen LogP contribution in [0.25, 0.3) is 5.82 Å². The third-order valence-electron chi connectivity index (χ3n) is 2.12. The number of ether oxygens (including phenoxy) is 1. The normalized spacial score (nSPS) is 10.4. The first-order chi connectivity index (χ1) is 7.72. The SMILES string of the molecule is CCOc1ncnc(-n2ccc(N)n2)c1C. The lowest BCUT2D eigenvalue weighted by molar-refractivity contribution is 0.323. The number of hydrogen-bond donors (Lipinski definition) is 1. The van der Waals surface area contributed by atoms with E-state index in [2.05, 4.69) is 15.1 Å². The van der Waals surface area contributed by atoms with Crippen LogP contribution in [0.3, 0.4) is 0 Å². The molecular formula is C10H13N5O. The molecule has 0 fully saturated rings. The fraction of sp³-hybridized carbons (Fsp3) is 0.300. The van der Waals surface area contributed by atoms with Gasteiger partial charge in [-0.25, -0.2) is 14.6 Å². The van der Waals surface area contributed by atoms with Crippen LogP contribution in [0.15, 0.2) is 18.6 Å². The standard InChI is InChI=1S/C10H13N5O/c1-3-16-10-7(2)9(12-6-13-10)15-5-4-8(11)14-15/h4-6H,3H2,1-2H3,(H2,11,14). The lowest BCUT2D eigenvalue weighted by Gasteiger charge is -2.08. The predicted octanol–water partition coefficient (Wildman–Crippen LogP) is 0.952. The monoisotopic (exact) mass is 219 g/mol. The van der Waals surface area contributed by atoms with Gasteiger partial charge in [-0.3, -0.25) is 0 Å². The molecule has 0 atom stereocenters. The average molecular weight is 219 g/mol. The number of rotatable bonds is 3. The molecule has 0 bridgehead atoms. The van der Waals surface area contributed by atoms with Gasteiger partial charge in [0.15, 0.2) is 5.82 Å². The molecule has 84 valence electrons. The minimum atomic E-state index is 0.455. The second kappa shape index (κ2) is 4.18. The van der Waals surface area contributed by atoms with E-state index in [1.165, 1.54) is 6.33 Å². The second-order valence-corrected chi connectivity index (χ2v) is 3.25. The summed E-state index contributed by atoms with van der Waals surface area (Å²) in [6.07, 6.45) is 3.20. The van der Waals surface area contributed by atoms with Crippen molar-refractivity contribution in [3.05, 3.63) is 24.2 Å². The number of nitrogen functional groups attached to an aromatic ring is 1. The molecule has 0 radical (unpaired) electrons. The Balaban J connectivity index is 2.45. The summed E-state index contributed by atoms with van der Waals surface area (Å²) in [6.45, 7) is 4.36. The molecule has 2 aromatic rings. The molecule has 0 unspecified atom stereocenters.